The number of hydrogen-bond donors (Lipinski definition) is 1. The molecule has 1 aliphatic heterocycles. The van der Waals surface area contributed by atoms with Gasteiger partial charge in [0.1, 0.15) is 11.5 Å². The fourth-order valence-corrected chi connectivity index (χ4v) is 2.05. The lowest BCUT2D eigenvalue weighted by Crippen LogP contribution is -2.38. The second kappa shape index (κ2) is 6.43. The molecule has 1 aliphatic rings. The summed E-state index contributed by atoms with van der Waals surface area (Å²) in [5.41, 5.74) is 0.544. The number of amides is 1. The quantitative estimate of drug-likeness (QED) is 0.898. The van der Waals surface area contributed by atoms with Crippen molar-refractivity contribution < 1.29 is 19.0 Å². The highest BCUT2D eigenvalue weighted by molar-refractivity contribution is 5.95. The molecule has 0 spiro atoms. The summed E-state index contributed by atoms with van der Waals surface area (Å²) in [6.07, 6.45) is 1.71. The van der Waals surface area contributed by atoms with E-state index in [1.165, 1.54) is 0 Å². The van der Waals surface area contributed by atoms with Crippen LogP contribution >= 0.6 is 0 Å². The Morgan fingerprint density at radius 2 is 1.74 bits per heavy atom. The smallest absolute Gasteiger partial charge is 0.251 e. The summed E-state index contributed by atoms with van der Waals surface area (Å²) in [5.74, 6) is 1.11. The van der Waals surface area contributed by atoms with Crippen molar-refractivity contribution in [2.45, 2.75) is 18.9 Å². The molecular formula is C14H19NO4. The first kappa shape index (κ1) is 13.7. The van der Waals surface area contributed by atoms with E-state index in [0.717, 1.165) is 12.8 Å². The Kier molecular flexibility index (Phi) is 4.63. The zero-order valence-electron chi connectivity index (χ0n) is 11.3. The van der Waals surface area contributed by atoms with E-state index in [-0.39, 0.29) is 11.9 Å². The third-order valence-electron chi connectivity index (χ3n) is 3.17. The van der Waals surface area contributed by atoms with Crippen molar-refractivity contribution in [3.63, 3.8) is 0 Å². The molecule has 1 fully saturated rings. The van der Waals surface area contributed by atoms with Crippen molar-refractivity contribution >= 4 is 5.91 Å². The summed E-state index contributed by atoms with van der Waals surface area (Å²) in [6.45, 7) is 1.40. The van der Waals surface area contributed by atoms with Gasteiger partial charge in [0.2, 0.25) is 0 Å². The molecule has 0 bridgehead atoms. The Balaban J connectivity index is 2.08. The summed E-state index contributed by atoms with van der Waals surface area (Å²) < 4.78 is 15.6. The number of ether oxygens (including phenoxy) is 3. The molecule has 1 aromatic rings. The molecule has 0 aliphatic carbocycles. The van der Waals surface area contributed by atoms with Crippen molar-refractivity contribution in [3.8, 4) is 11.5 Å². The van der Waals surface area contributed by atoms with Gasteiger partial charge in [-0.3, -0.25) is 4.79 Å². The molecule has 0 aromatic heterocycles. The predicted octanol–water partition coefficient (Wildman–Crippen LogP) is 1.61. The van der Waals surface area contributed by atoms with Crippen LogP contribution in [0.15, 0.2) is 18.2 Å². The molecule has 0 unspecified atom stereocenters. The van der Waals surface area contributed by atoms with E-state index in [9.17, 15) is 4.79 Å². The van der Waals surface area contributed by atoms with Crippen molar-refractivity contribution in [1.29, 1.82) is 0 Å². The molecule has 1 N–H and O–H groups in total. The van der Waals surface area contributed by atoms with E-state index in [1.54, 1.807) is 32.4 Å². The van der Waals surface area contributed by atoms with E-state index in [1.807, 2.05) is 0 Å². The first-order valence-corrected chi connectivity index (χ1v) is 6.34. The first-order chi connectivity index (χ1) is 9.22. The van der Waals surface area contributed by atoms with Gasteiger partial charge in [0.25, 0.3) is 5.91 Å². The number of carbonyl (C=O) groups is 1. The van der Waals surface area contributed by atoms with Crippen LogP contribution in [0.5, 0.6) is 11.5 Å². The highest BCUT2D eigenvalue weighted by Gasteiger charge is 2.18. The van der Waals surface area contributed by atoms with Gasteiger partial charge in [-0.25, -0.2) is 0 Å². The number of hydrogen-bond acceptors (Lipinski definition) is 4. The topological polar surface area (TPSA) is 56.8 Å². The number of carbonyl (C=O) groups excluding carboxylic acids is 1. The number of rotatable bonds is 4. The lowest BCUT2D eigenvalue weighted by atomic mass is 10.1. The summed E-state index contributed by atoms with van der Waals surface area (Å²) in [5, 5.41) is 3.01. The summed E-state index contributed by atoms with van der Waals surface area (Å²) in [7, 11) is 3.13. The lowest BCUT2D eigenvalue weighted by Gasteiger charge is -2.23. The maximum Gasteiger partial charge on any atom is 0.251 e. The zero-order chi connectivity index (χ0) is 13.7. The number of nitrogens with one attached hydrogen (secondary N) is 1. The van der Waals surface area contributed by atoms with Crippen molar-refractivity contribution in [3.05, 3.63) is 23.8 Å². The molecule has 1 aromatic carbocycles. The van der Waals surface area contributed by atoms with Crippen molar-refractivity contribution in [1.82, 2.24) is 5.32 Å². The minimum Gasteiger partial charge on any atom is -0.497 e. The van der Waals surface area contributed by atoms with Crippen LogP contribution in [0.25, 0.3) is 0 Å². The predicted molar refractivity (Wildman–Crippen MR) is 70.9 cm³/mol. The minimum atomic E-state index is -0.107. The number of benzene rings is 1. The lowest BCUT2D eigenvalue weighted by molar-refractivity contribution is 0.0696. The molecule has 0 saturated carbocycles. The Morgan fingerprint density at radius 3 is 2.26 bits per heavy atom. The van der Waals surface area contributed by atoms with E-state index in [2.05, 4.69) is 5.32 Å². The number of methoxy groups -OCH3 is 2. The summed E-state index contributed by atoms with van der Waals surface area (Å²) in [6, 6.07) is 5.33. The van der Waals surface area contributed by atoms with Crippen LogP contribution in [-0.2, 0) is 4.74 Å². The highest BCUT2D eigenvalue weighted by atomic mass is 16.5. The van der Waals surface area contributed by atoms with Crippen molar-refractivity contribution in [2.75, 3.05) is 27.4 Å². The molecule has 19 heavy (non-hydrogen) atoms. The van der Waals surface area contributed by atoms with Crippen LogP contribution < -0.4 is 14.8 Å². The van der Waals surface area contributed by atoms with Gasteiger partial charge in [0.05, 0.1) is 14.2 Å². The van der Waals surface area contributed by atoms with Gasteiger partial charge >= 0.3 is 0 Å². The maximum atomic E-state index is 12.2. The fraction of sp³-hybridized carbons (Fsp3) is 0.500. The van der Waals surface area contributed by atoms with Crippen LogP contribution in [0.4, 0.5) is 0 Å². The van der Waals surface area contributed by atoms with Gasteiger partial charge in [0, 0.05) is 30.9 Å². The molecule has 104 valence electrons. The second-order valence-electron chi connectivity index (χ2n) is 4.46. The largest absolute Gasteiger partial charge is 0.497 e. The van der Waals surface area contributed by atoms with E-state index < -0.39 is 0 Å². The molecule has 1 saturated heterocycles. The van der Waals surface area contributed by atoms with Crippen LogP contribution in [0.2, 0.25) is 0 Å². The van der Waals surface area contributed by atoms with E-state index in [4.69, 9.17) is 14.2 Å². The van der Waals surface area contributed by atoms with Gasteiger partial charge < -0.3 is 19.5 Å². The Labute approximate surface area is 112 Å². The zero-order valence-corrected chi connectivity index (χ0v) is 11.3. The normalized spacial score (nSPS) is 15.9. The van der Waals surface area contributed by atoms with Crippen molar-refractivity contribution in [2.24, 2.45) is 0 Å². The fourth-order valence-electron chi connectivity index (χ4n) is 2.05. The molecule has 2 rings (SSSR count). The highest BCUT2D eigenvalue weighted by Crippen LogP contribution is 2.22. The average molecular weight is 265 g/mol. The molecule has 0 atom stereocenters. The first-order valence-electron chi connectivity index (χ1n) is 6.34. The van der Waals surface area contributed by atoms with E-state index >= 15 is 0 Å². The van der Waals surface area contributed by atoms with E-state index in [0.29, 0.717) is 30.3 Å². The SMILES string of the molecule is COc1cc(OC)cc(C(=O)NC2CCOCC2)c1. The molecule has 5 nitrogen and oxygen atoms in total. The van der Waals surface area contributed by atoms with Crippen LogP contribution in [0, 0.1) is 0 Å². The third-order valence-corrected chi connectivity index (χ3v) is 3.17. The second-order valence-corrected chi connectivity index (χ2v) is 4.46. The van der Waals surface area contributed by atoms with Gasteiger partial charge in [-0.15, -0.1) is 0 Å². The molecule has 1 heterocycles. The van der Waals surface area contributed by atoms with Gasteiger partial charge in [-0.05, 0) is 25.0 Å². The maximum absolute atomic E-state index is 12.2. The Bertz CT molecular complexity index is 419. The van der Waals surface area contributed by atoms with Gasteiger partial charge in [-0.2, -0.15) is 0 Å². The molecular weight excluding hydrogens is 246 g/mol. The standard InChI is InChI=1S/C14H19NO4/c1-17-12-7-10(8-13(9-12)18-2)14(16)15-11-3-5-19-6-4-11/h7-9,11H,3-6H2,1-2H3,(H,15,16). The summed E-state index contributed by atoms with van der Waals surface area (Å²) >= 11 is 0. The Morgan fingerprint density at radius 1 is 1.16 bits per heavy atom. The van der Waals surface area contributed by atoms with Crippen LogP contribution in [0.3, 0.4) is 0 Å². The minimum absolute atomic E-state index is 0.107. The van der Waals surface area contributed by atoms with Gasteiger partial charge in [-0.1, -0.05) is 0 Å². The third kappa shape index (κ3) is 3.61. The Hall–Kier alpha value is -1.75. The molecule has 1 amide bonds. The monoisotopic (exact) mass is 265 g/mol. The molecule has 0 radical (unpaired) electrons. The van der Waals surface area contributed by atoms with Gasteiger partial charge in [0.15, 0.2) is 0 Å². The van der Waals surface area contributed by atoms with Crippen LogP contribution in [0.1, 0.15) is 23.2 Å². The average Bonchev–Trinajstić information content (AvgIpc) is 2.47. The van der Waals surface area contributed by atoms with Crippen LogP contribution in [-0.4, -0.2) is 39.4 Å². The summed E-state index contributed by atoms with van der Waals surface area (Å²) in [4.78, 5) is 12.2. The molecule has 5 heteroatoms.